The second-order valence-corrected chi connectivity index (χ2v) is 3.82. The summed E-state index contributed by atoms with van der Waals surface area (Å²) < 4.78 is 0. The Hall–Kier alpha value is -1.56. The van der Waals surface area contributed by atoms with Gasteiger partial charge in [-0.1, -0.05) is 42.5 Å². The third-order valence-corrected chi connectivity index (χ3v) is 3.13. The van der Waals surface area contributed by atoms with Crippen LogP contribution in [0.1, 0.15) is 22.6 Å². The van der Waals surface area contributed by atoms with Crippen molar-refractivity contribution < 1.29 is 0 Å². The molecule has 0 N–H and O–H groups in total. The van der Waals surface area contributed by atoms with Crippen LogP contribution in [0.5, 0.6) is 0 Å². The van der Waals surface area contributed by atoms with E-state index in [1.54, 1.807) is 11.1 Å². The lowest BCUT2D eigenvalue weighted by molar-refractivity contribution is 1.31. The first-order valence-corrected chi connectivity index (χ1v) is 4.69. The molecule has 4 aliphatic carbocycles. The fraction of sp³-hybridized carbons (Fsp3) is 0.0769. The second-order valence-electron chi connectivity index (χ2n) is 3.82. The predicted octanol–water partition coefficient (Wildman–Crippen LogP) is 3.26. The molecule has 4 aliphatic rings. The standard InChI is InChI=1S/C13H8/c1-2-4-8-10-6-7-11-9(5-3-1)13(11)12(8)10/h1-7,10H/t10-/m1/s1. The summed E-state index contributed by atoms with van der Waals surface area (Å²) in [5.74, 6) is 0.660. The third kappa shape index (κ3) is 0.592. The van der Waals surface area contributed by atoms with Gasteiger partial charge in [0, 0.05) is 5.92 Å². The highest BCUT2D eigenvalue weighted by molar-refractivity contribution is 6.04. The Kier molecular flexibility index (Phi) is 0.779. The normalized spacial score (nSPS) is 20.8. The SMILES string of the molecule is C1=C[C@@H]2c3cccccc4c1c-4c32. The molecule has 0 nitrogen and oxygen atoms in total. The van der Waals surface area contributed by atoms with Crippen LogP contribution in [0.2, 0.25) is 0 Å². The fourth-order valence-electron chi connectivity index (χ4n) is 2.37. The van der Waals surface area contributed by atoms with Crippen molar-refractivity contribution in [2.45, 2.75) is 5.92 Å². The number of fused-ring (bicyclic) bond motifs is 2. The van der Waals surface area contributed by atoms with Crippen LogP contribution in [0.25, 0.3) is 17.2 Å². The zero-order valence-electron chi connectivity index (χ0n) is 7.12. The molecular weight excluding hydrogens is 156 g/mol. The largest absolute Gasteiger partial charge is 0.0720 e. The summed E-state index contributed by atoms with van der Waals surface area (Å²) in [6.45, 7) is 0. The lowest BCUT2D eigenvalue weighted by Crippen LogP contribution is -1.65. The summed E-state index contributed by atoms with van der Waals surface area (Å²) in [5.41, 5.74) is 7.59. The summed E-state index contributed by atoms with van der Waals surface area (Å²) >= 11 is 0. The quantitative estimate of drug-likeness (QED) is 0.560. The Morgan fingerprint density at radius 2 is 1.92 bits per heavy atom. The molecule has 0 fully saturated rings. The minimum Gasteiger partial charge on any atom is -0.0720 e. The van der Waals surface area contributed by atoms with Crippen molar-refractivity contribution in [3.8, 4) is 11.1 Å². The first-order valence-electron chi connectivity index (χ1n) is 4.69. The summed E-state index contributed by atoms with van der Waals surface area (Å²) in [4.78, 5) is 0. The van der Waals surface area contributed by atoms with E-state index in [0.29, 0.717) is 5.92 Å². The minimum absolute atomic E-state index is 0.660. The van der Waals surface area contributed by atoms with Gasteiger partial charge in [0.25, 0.3) is 0 Å². The molecule has 0 heterocycles. The molecule has 0 radical (unpaired) electrons. The highest BCUT2D eigenvalue weighted by Crippen LogP contribution is 2.60. The predicted molar refractivity (Wildman–Crippen MR) is 53.9 cm³/mol. The maximum Gasteiger partial charge on any atom is 0.0285 e. The Balaban J connectivity index is 2.18. The van der Waals surface area contributed by atoms with Gasteiger partial charge in [-0.3, -0.25) is 0 Å². The molecule has 0 saturated carbocycles. The number of allylic oxidation sites excluding steroid dienone is 1. The van der Waals surface area contributed by atoms with E-state index in [1.165, 1.54) is 16.7 Å². The fourth-order valence-corrected chi connectivity index (χ4v) is 2.37. The van der Waals surface area contributed by atoms with Crippen LogP contribution in [-0.4, -0.2) is 0 Å². The zero-order valence-corrected chi connectivity index (χ0v) is 7.12. The van der Waals surface area contributed by atoms with Gasteiger partial charge in [0.1, 0.15) is 0 Å². The molecule has 0 heteroatoms. The topological polar surface area (TPSA) is 0 Å². The Bertz CT molecular complexity index is 520. The maximum atomic E-state index is 2.32. The van der Waals surface area contributed by atoms with E-state index in [0.717, 1.165) is 0 Å². The van der Waals surface area contributed by atoms with Crippen LogP contribution < -0.4 is 0 Å². The van der Waals surface area contributed by atoms with Crippen LogP contribution in [0.4, 0.5) is 0 Å². The molecule has 4 rings (SSSR count). The van der Waals surface area contributed by atoms with E-state index in [4.69, 9.17) is 0 Å². The van der Waals surface area contributed by atoms with Gasteiger partial charge in [-0.15, -0.1) is 0 Å². The molecule has 60 valence electrons. The van der Waals surface area contributed by atoms with Crippen molar-refractivity contribution in [3.63, 3.8) is 0 Å². The lowest BCUT2D eigenvalue weighted by atomic mass is 10.2. The Morgan fingerprint density at radius 1 is 1.00 bits per heavy atom. The zero-order chi connectivity index (χ0) is 8.41. The van der Waals surface area contributed by atoms with Crippen LogP contribution in [-0.2, 0) is 0 Å². The smallest absolute Gasteiger partial charge is 0.0285 e. The van der Waals surface area contributed by atoms with Gasteiger partial charge in [-0.05, 0) is 27.8 Å². The lowest BCUT2D eigenvalue weighted by Gasteiger charge is -1.84. The van der Waals surface area contributed by atoms with Gasteiger partial charge >= 0.3 is 0 Å². The third-order valence-electron chi connectivity index (χ3n) is 3.13. The Labute approximate surface area is 76.9 Å². The van der Waals surface area contributed by atoms with Gasteiger partial charge < -0.3 is 0 Å². The highest BCUT2D eigenvalue weighted by atomic mass is 14.4. The number of rotatable bonds is 0. The molecule has 13 heavy (non-hydrogen) atoms. The van der Waals surface area contributed by atoms with E-state index < -0.39 is 0 Å². The molecule has 0 aromatic rings. The molecular formula is C13H8. The van der Waals surface area contributed by atoms with E-state index >= 15 is 0 Å². The van der Waals surface area contributed by atoms with Crippen molar-refractivity contribution in [1.29, 1.82) is 0 Å². The van der Waals surface area contributed by atoms with Gasteiger partial charge in [0.2, 0.25) is 0 Å². The molecule has 0 amide bonds. The van der Waals surface area contributed by atoms with Crippen molar-refractivity contribution in [2.24, 2.45) is 0 Å². The van der Waals surface area contributed by atoms with Crippen LogP contribution >= 0.6 is 0 Å². The molecule has 0 spiro atoms. The van der Waals surface area contributed by atoms with Crippen LogP contribution in [0.15, 0.2) is 36.4 Å². The summed E-state index contributed by atoms with van der Waals surface area (Å²) in [7, 11) is 0. The van der Waals surface area contributed by atoms with Crippen LogP contribution in [0, 0.1) is 0 Å². The van der Waals surface area contributed by atoms with Gasteiger partial charge in [-0.2, -0.15) is 0 Å². The monoisotopic (exact) mass is 164 g/mol. The molecule has 0 unspecified atom stereocenters. The second kappa shape index (κ2) is 1.69. The summed E-state index contributed by atoms with van der Waals surface area (Å²) in [6.07, 6.45) is 4.59. The van der Waals surface area contributed by atoms with Crippen molar-refractivity contribution in [2.75, 3.05) is 0 Å². The Morgan fingerprint density at radius 3 is 2.92 bits per heavy atom. The molecule has 1 atom stereocenters. The molecule has 0 aliphatic heterocycles. The van der Waals surface area contributed by atoms with Crippen molar-refractivity contribution in [3.05, 3.63) is 53.1 Å². The van der Waals surface area contributed by atoms with E-state index in [1.807, 2.05) is 0 Å². The van der Waals surface area contributed by atoms with Gasteiger partial charge in [0.05, 0.1) is 0 Å². The van der Waals surface area contributed by atoms with E-state index in [9.17, 15) is 0 Å². The molecule has 0 aromatic carbocycles. The molecule has 0 bridgehead atoms. The molecule has 0 saturated heterocycles. The number of hydrogen-bond acceptors (Lipinski definition) is 0. The first-order chi connectivity index (χ1) is 6.47. The average molecular weight is 164 g/mol. The molecule has 0 aromatic heterocycles. The van der Waals surface area contributed by atoms with Gasteiger partial charge in [0.15, 0.2) is 0 Å². The average Bonchev–Trinajstić information content (AvgIpc) is 2.98. The van der Waals surface area contributed by atoms with Gasteiger partial charge in [-0.25, -0.2) is 0 Å². The highest BCUT2D eigenvalue weighted by Gasteiger charge is 2.41. The van der Waals surface area contributed by atoms with Crippen LogP contribution in [0.3, 0.4) is 0 Å². The van der Waals surface area contributed by atoms with Crippen molar-refractivity contribution >= 4 is 6.08 Å². The van der Waals surface area contributed by atoms with E-state index in [2.05, 4.69) is 42.5 Å². The minimum atomic E-state index is 0.660. The maximum absolute atomic E-state index is 2.32. The number of hydrogen-bond donors (Lipinski definition) is 0. The van der Waals surface area contributed by atoms with Crippen molar-refractivity contribution in [1.82, 2.24) is 0 Å². The summed E-state index contributed by atoms with van der Waals surface area (Å²) in [5, 5.41) is 0. The summed E-state index contributed by atoms with van der Waals surface area (Å²) in [6, 6.07) is 10.8. The van der Waals surface area contributed by atoms with E-state index in [-0.39, 0.29) is 0 Å². The first kappa shape index (κ1) is 5.98.